The molecule has 1 fully saturated rings. The summed E-state index contributed by atoms with van der Waals surface area (Å²) in [6.07, 6.45) is 7.45. The number of carbonyl (C=O) groups excluding carboxylic acids is 2. The van der Waals surface area contributed by atoms with Gasteiger partial charge in [0, 0.05) is 24.9 Å². The first-order chi connectivity index (χ1) is 9.06. The Balaban J connectivity index is 1.90. The number of carbonyl (C=O) groups is 2. The third-order valence-corrected chi connectivity index (χ3v) is 3.13. The second-order valence-electron chi connectivity index (χ2n) is 4.65. The van der Waals surface area contributed by atoms with Crippen LogP contribution >= 0.6 is 0 Å². The van der Waals surface area contributed by atoms with Gasteiger partial charge < -0.3 is 20.1 Å². The molecule has 6 nitrogen and oxygen atoms in total. The summed E-state index contributed by atoms with van der Waals surface area (Å²) in [6, 6.07) is 0. The lowest BCUT2D eigenvalue weighted by Crippen LogP contribution is -2.30. The second kappa shape index (κ2) is 5.88. The molecule has 1 amide bonds. The molecule has 2 atom stereocenters. The number of nitrogens with two attached hydrogens (primary N) is 1. The molecule has 2 heterocycles. The smallest absolute Gasteiger partial charge is 0.302 e. The third kappa shape index (κ3) is 3.57. The quantitative estimate of drug-likeness (QED) is 0.755. The molecule has 1 saturated heterocycles. The van der Waals surface area contributed by atoms with E-state index in [1.165, 1.54) is 6.92 Å². The Bertz CT molecular complexity index is 430. The fourth-order valence-corrected chi connectivity index (χ4v) is 2.16. The van der Waals surface area contributed by atoms with Crippen LogP contribution in [0.3, 0.4) is 0 Å². The highest BCUT2D eigenvalue weighted by Crippen LogP contribution is 2.26. The van der Waals surface area contributed by atoms with Crippen LogP contribution in [0.5, 0.6) is 0 Å². The SMILES string of the molecule is CC(=O)OC[C@H]1CC[C@H](N2C=CCC(C(N)=O)=C2)O1. The summed E-state index contributed by atoms with van der Waals surface area (Å²) in [5.74, 6) is -0.718. The molecule has 2 N–H and O–H groups in total. The Hall–Kier alpha value is -1.82. The first-order valence-corrected chi connectivity index (χ1v) is 6.29. The van der Waals surface area contributed by atoms with Crippen molar-refractivity contribution in [2.24, 2.45) is 5.73 Å². The van der Waals surface area contributed by atoms with E-state index in [0.29, 0.717) is 12.0 Å². The summed E-state index contributed by atoms with van der Waals surface area (Å²) >= 11 is 0. The maximum absolute atomic E-state index is 11.2. The minimum Gasteiger partial charge on any atom is -0.463 e. The number of esters is 1. The Morgan fingerprint density at radius 3 is 3.00 bits per heavy atom. The zero-order chi connectivity index (χ0) is 13.8. The van der Waals surface area contributed by atoms with Crippen LogP contribution in [0.1, 0.15) is 26.2 Å². The van der Waals surface area contributed by atoms with Crippen LogP contribution in [0.25, 0.3) is 0 Å². The van der Waals surface area contributed by atoms with E-state index >= 15 is 0 Å². The number of allylic oxidation sites excluding steroid dienone is 1. The molecule has 0 spiro atoms. The molecule has 6 heteroatoms. The summed E-state index contributed by atoms with van der Waals surface area (Å²) in [7, 11) is 0. The number of nitrogens with zero attached hydrogens (tertiary/aromatic N) is 1. The van der Waals surface area contributed by atoms with E-state index in [1.807, 2.05) is 17.2 Å². The minimum atomic E-state index is -0.413. The molecule has 0 aromatic carbocycles. The van der Waals surface area contributed by atoms with Gasteiger partial charge in [0.15, 0.2) is 0 Å². The topological polar surface area (TPSA) is 81.9 Å². The van der Waals surface area contributed by atoms with Gasteiger partial charge in [0.25, 0.3) is 0 Å². The van der Waals surface area contributed by atoms with Gasteiger partial charge in [0.05, 0.1) is 6.10 Å². The maximum atomic E-state index is 11.2. The molecule has 0 aliphatic carbocycles. The lowest BCUT2D eigenvalue weighted by molar-refractivity contribution is -0.146. The van der Waals surface area contributed by atoms with E-state index in [2.05, 4.69) is 0 Å². The van der Waals surface area contributed by atoms with Crippen LogP contribution < -0.4 is 5.73 Å². The Labute approximate surface area is 111 Å². The highest BCUT2D eigenvalue weighted by molar-refractivity contribution is 5.92. The fourth-order valence-electron chi connectivity index (χ4n) is 2.16. The zero-order valence-electron chi connectivity index (χ0n) is 10.9. The van der Waals surface area contributed by atoms with Gasteiger partial charge in [-0.2, -0.15) is 0 Å². The molecular formula is C13H18N2O4. The largest absolute Gasteiger partial charge is 0.463 e. The first kappa shape index (κ1) is 13.6. The minimum absolute atomic E-state index is 0.0883. The van der Waals surface area contributed by atoms with Gasteiger partial charge in [-0.15, -0.1) is 0 Å². The van der Waals surface area contributed by atoms with E-state index in [-0.39, 0.29) is 24.9 Å². The van der Waals surface area contributed by atoms with Crippen molar-refractivity contribution in [3.05, 3.63) is 24.0 Å². The van der Waals surface area contributed by atoms with E-state index in [4.69, 9.17) is 15.2 Å². The predicted molar refractivity (Wildman–Crippen MR) is 67.4 cm³/mol. The highest BCUT2D eigenvalue weighted by atomic mass is 16.6. The van der Waals surface area contributed by atoms with Crippen LogP contribution in [-0.2, 0) is 19.1 Å². The molecule has 0 radical (unpaired) electrons. The van der Waals surface area contributed by atoms with Crippen LogP contribution in [0.4, 0.5) is 0 Å². The normalized spacial score (nSPS) is 26.2. The molecule has 2 aliphatic rings. The van der Waals surface area contributed by atoms with Crippen molar-refractivity contribution < 1.29 is 19.1 Å². The fraction of sp³-hybridized carbons (Fsp3) is 0.538. The second-order valence-corrected chi connectivity index (χ2v) is 4.65. The summed E-state index contributed by atoms with van der Waals surface area (Å²) in [5.41, 5.74) is 5.83. The average molecular weight is 266 g/mol. The van der Waals surface area contributed by atoms with Gasteiger partial charge in [-0.05, 0) is 19.3 Å². The summed E-state index contributed by atoms with van der Waals surface area (Å²) in [4.78, 5) is 23.7. The number of amides is 1. The average Bonchev–Trinajstić information content (AvgIpc) is 2.85. The van der Waals surface area contributed by atoms with Crippen molar-refractivity contribution in [2.75, 3.05) is 6.61 Å². The van der Waals surface area contributed by atoms with Gasteiger partial charge in [-0.3, -0.25) is 9.59 Å². The molecule has 0 saturated carbocycles. The third-order valence-electron chi connectivity index (χ3n) is 3.13. The molecule has 2 rings (SSSR count). The summed E-state index contributed by atoms with van der Waals surface area (Å²) in [6.45, 7) is 1.65. The molecule has 19 heavy (non-hydrogen) atoms. The van der Waals surface area contributed by atoms with E-state index in [0.717, 1.165) is 12.8 Å². The number of primary amides is 1. The lowest BCUT2D eigenvalue weighted by atomic mass is 10.1. The van der Waals surface area contributed by atoms with Gasteiger partial charge in [0.2, 0.25) is 5.91 Å². The number of rotatable bonds is 4. The van der Waals surface area contributed by atoms with Crippen molar-refractivity contribution in [2.45, 2.75) is 38.5 Å². The van der Waals surface area contributed by atoms with E-state index in [1.54, 1.807) is 6.20 Å². The van der Waals surface area contributed by atoms with Crippen molar-refractivity contribution in [3.8, 4) is 0 Å². The Morgan fingerprint density at radius 2 is 2.32 bits per heavy atom. The van der Waals surface area contributed by atoms with Crippen molar-refractivity contribution >= 4 is 11.9 Å². The summed E-state index contributed by atoms with van der Waals surface area (Å²) in [5, 5.41) is 0. The van der Waals surface area contributed by atoms with Crippen molar-refractivity contribution in [3.63, 3.8) is 0 Å². The molecular weight excluding hydrogens is 248 g/mol. The predicted octanol–water partition coefficient (Wildman–Crippen LogP) is 0.643. The van der Waals surface area contributed by atoms with E-state index < -0.39 is 5.91 Å². The summed E-state index contributed by atoms with van der Waals surface area (Å²) < 4.78 is 10.7. The zero-order valence-corrected chi connectivity index (χ0v) is 10.9. The first-order valence-electron chi connectivity index (χ1n) is 6.29. The number of hydrogen-bond donors (Lipinski definition) is 1. The van der Waals surface area contributed by atoms with Crippen LogP contribution in [-0.4, -0.2) is 35.7 Å². The molecule has 0 unspecified atom stereocenters. The van der Waals surface area contributed by atoms with Crippen molar-refractivity contribution in [1.82, 2.24) is 4.90 Å². The van der Waals surface area contributed by atoms with E-state index in [9.17, 15) is 9.59 Å². The van der Waals surface area contributed by atoms with Crippen LogP contribution in [0.2, 0.25) is 0 Å². The Kier molecular flexibility index (Phi) is 4.21. The van der Waals surface area contributed by atoms with Crippen LogP contribution in [0.15, 0.2) is 24.0 Å². The van der Waals surface area contributed by atoms with Crippen LogP contribution in [0, 0.1) is 0 Å². The standard InChI is InChI=1S/C13H18N2O4/c1-9(16)18-8-11-4-5-12(19-11)15-6-2-3-10(7-15)13(14)17/h2,6-7,11-12H,3-5,8H2,1H3,(H2,14,17)/t11-,12-/m1/s1. The molecule has 2 aliphatic heterocycles. The molecule has 0 aromatic heterocycles. The monoisotopic (exact) mass is 266 g/mol. The van der Waals surface area contributed by atoms with Gasteiger partial charge in [0.1, 0.15) is 12.8 Å². The highest BCUT2D eigenvalue weighted by Gasteiger charge is 2.29. The molecule has 0 aromatic rings. The van der Waals surface area contributed by atoms with Crippen molar-refractivity contribution in [1.29, 1.82) is 0 Å². The number of hydrogen-bond acceptors (Lipinski definition) is 5. The van der Waals surface area contributed by atoms with Gasteiger partial charge in [-0.1, -0.05) is 6.08 Å². The van der Waals surface area contributed by atoms with Gasteiger partial charge in [-0.25, -0.2) is 0 Å². The maximum Gasteiger partial charge on any atom is 0.302 e. The molecule has 0 bridgehead atoms. The molecule has 104 valence electrons. The Morgan fingerprint density at radius 1 is 1.53 bits per heavy atom. The number of ether oxygens (including phenoxy) is 2. The van der Waals surface area contributed by atoms with Gasteiger partial charge >= 0.3 is 5.97 Å². The lowest BCUT2D eigenvalue weighted by Gasteiger charge is -2.26.